The summed E-state index contributed by atoms with van der Waals surface area (Å²) in [5.74, 6) is -1.40. The number of hydrogen-bond acceptors (Lipinski definition) is 2. The summed E-state index contributed by atoms with van der Waals surface area (Å²) >= 11 is 0. The van der Waals surface area contributed by atoms with E-state index in [1.54, 1.807) is 18.2 Å². The van der Waals surface area contributed by atoms with Gasteiger partial charge in [0.15, 0.2) is 0 Å². The Morgan fingerprint density at radius 2 is 1.92 bits per heavy atom. The second-order valence-corrected chi connectivity index (χ2v) is 6.15. The zero-order chi connectivity index (χ0) is 17.3. The first-order valence-corrected chi connectivity index (χ1v) is 7.88. The minimum atomic E-state index is -0.487. The van der Waals surface area contributed by atoms with Gasteiger partial charge in [0.1, 0.15) is 5.82 Å². The molecule has 1 atom stereocenters. The highest BCUT2D eigenvalue weighted by atomic mass is 19.1. The maximum atomic E-state index is 13.9. The van der Waals surface area contributed by atoms with Gasteiger partial charge in [-0.05, 0) is 49.2 Å². The van der Waals surface area contributed by atoms with Crippen LogP contribution in [0.2, 0.25) is 0 Å². The van der Waals surface area contributed by atoms with Gasteiger partial charge in [-0.25, -0.2) is 4.39 Å². The van der Waals surface area contributed by atoms with E-state index in [1.807, 2.05) is 32.0 Å². The third kappa shape index (κ3) is 3.15. The Balaban J connectivity index is 1.72. The van der Waals surface area contributed by atoms with Crippen molar-refractivity contribution in [1.82, 2.24) is 0 Å². The van der Waals surface area contributed by atoms with Crippen LogP contribution in [-0.4, -0.2) is 18.4 Å². The normalized spacial score (nSPS) is 17.2. The van der Waals surface area contributed by atoms with Crippen molar-refractivity contribution in [1.29, 1.82) is 0 Å². The zero-order valence-corrected chi connectivity index (χ0v) is 13.7. The Labute approximate surface area is 140 Å². The average Bonchev–Trinajstić information content (AvgIpc) is 2.93. The van der Waals surface area contributed by atoms with Crippen LogP contribution in [0, 0.1) is 25.6 Å². The molecule has 5 heteroatoms. The third-order valence-corrected chi connectivity index (χ3v) is 4.41. The monoisotopic (exact) mass is 326 g/mol. The predicted octanol–water partition coefficient (Wildman–Crippen LogP) is 3.43. The second kappa shape index (κ2) is 6.43. The van der Waals surface area contributed by atoms with Gasteiger partial charge in [-0.15, -0.1) is 0 Å². The molecular formula is C19H19FN2O2. The van der Waals surface area contributed by atoms with Crippen LogP contribution in [0.1, 0.15) is 17.5 Å². The number of rotatable bonds is 3. The van der Waals surface area contributed by atoms with E-state index in [0.29, 0.717) is 5.69 Å². The molecule has 24 heavy (non-hydrogen) atoms. The van der Waals surface area contributed by atoms with Crippen molar-refractivity contribution < 1.29 is 14.0 Å². The van der Waals surface area contributed by atoms with Gasteiger partial charge in [-0.3, -0.25) is 9.59 Å². The van der Waals surface area contributed by atoms with E-state index >= 15 is 0 Å². The molecule has 1 N–H and O–H groups in total. The van der Waals surface area contributed by atoms with Gasteiger partial charge in [0, 0.05) is 18.7 Å². The number of nitrogens with zero attached hydrogens (tertiary/aromatic N) is 1. The maximum absolute atomic E-state index is 13.9. The Morgan fingerprint density at radius 3 is 2.62 bits per heavy atom. The van der Waals surface area contributed by atoms with Gasteiger partial charge in [0.25, 0.3) is 0 Å². The van der Waals surface area contributed by atoms with Gasteiger partial charge in [-0.1, -0.05) is 18.2 Å². The van der Waals surface area contributed by atoms with Gasteiger partial charge in [0.2, 0.25) is 11.8 Å². The lowest BCUT2D eigenvalue weighted by Gasteiger charge is -2.17. The Bertz CT molecular complexity index is 804. The van der Waals surface area contributed by atoms with E-state index < -0.39 is 11.7 Å². The summed E-state index contributed by atoms with van der Waals surface area (Å²) < 4.78 is 13.9. The molecule has 0 aliphatic carbocycles. The Kier molecular flexibility index (Phi) is 4.34. The molecule has 4 nitrogen and oxygen atoms in total. The molecule has 2 aromatic rings. The summed E-state index contributed by atoms with van der Waals surface area (Å²) in [6.45, 7) is 4.17. The van der Waals surface area contributed by atoms with Crippen LogP contribution in [0.4, 0.5) is 15.8 Å². The van der Waals surface area contributed by atoms with Gasteiger partial charge >= 0.3 is 0 Å². The molecule has 0 radical (unpaired) electrons. The fourth-order valence-electron chi connectivity index (χ4n) is 2.85. The number of carbonyl (C=O) groups is 2. The first kappa shape index (κ1) is 16.2. The van der Waals surface area contributed by atoms with Crippen LogP contribution in [0.25, 0.3) is 0 Å². The van der Waals surface area contributed by atoms with Crippen LogP contribution in [0.3, 0.4) is 0 Å². The molecule has 1 saturated heterocycles. The fourth-order valence-corrected chi connectivity index (χ4v) is 2.85. The van der Waals surface area contributed by atoms with Gasteiger partial charge in [0.05, 0.1) is 11.6 Å². The molecule has 0 bridgehead atoms. The summed E-state index contributed by atoms with van der Waals surface area (Å²) in [5.41, 5.74) is 3.17. The Morgan fingerprint density at radius 1 is 1.17 bits per heavy atom. The van der Waals surface area contributed by atoms with Gasteiger partial charge < -0.3 is 10.2 Å². The van der Waals surface area contributed by atoms with E-state index in [-0.39, 0.29) is 30.5 Å². The summed E-state index contributed by atoms with van der Waals surface area (Å²) in [4.78, 5) is 26.0. The summed E-state index contributed by atoms with van der Waals surface area (Å²) in [5, 5.41) is 2.85. The maximum Gasteiger partial charge on any atom is 0.229 e. The number of hydrogen-bond donors (Lipinski definition) is 1. The minimum absolute atomic E-state index is 0.0883. The summed E-state index contributed by atoms with van der Waals surface area (Å²) in [6.07, 6.45) is 0.0883. The average molecular weight is 326 g/mol. The van der Waals surface area contributed by atoms with Crippen LogP contribution < -0.4 is 10.2 Å². The number of amides is 2. The largest absolute Gasteiger partial charge is 0.326 e. The van der Waals surface area contributed by atoms with Gasteiger partial charge in [-0.2, -0.15) is 0 Å². The van der Waals surface area contributed by atoms with E-state index in [0.717, 1.165) is 11.1 Å². The molecular weight excluding hydrogens is 307 g/mol. The SMILES string of the molecule is Cc1ccc(NC(=O)C2CC(=O)N(c3ccccc3F)C2)cc1C. The summed E-state index contributed by atoms with van der Waals surface area (Å²) in [6, 6.07) is 11.8. The third-order valence-electron chi connectivity index (χ3n) is 4.41. The van der Waals surface area contributed by atoms with Crippen molar-refractivity contribution in [2.24, 2.45) is 5.92 Å². The smallest absolute Gasteiger partial charge is 0.229 e. The van der Waals surface area contributed by atoms with Crippen molar-refractivity contribution in [3.8, 4) is 0 Å². The molecule has 1 aliphatic rings. The van der Waals surface area contributed by atoms with E-state index in [9.17, 15) is 14.0 Å². The number of carbonyl (C=O) groups excluding carboxylic acids is 2. The molecule has 0 aromatic heterocycles. The van der Waals surface area contributed by atoms with E-state index in [2.05, 4.69) is 5.32 Å². The molecule has 0 spiro atoms. The lowest BCUT2D eigenvalue weighted by molar-refractivity contribution is -0.122. The topological polar surface area (TPSA) is 49.4 Å². The van der Waals surface area contributed by atoms with Crippen LogP contribution in [0.5, 0.6) is 0 Å². The van der Waals surface area contributed by atoms with Crippen LogP contribution in [-0.2, 0) is 9.59 Å². The lowest BCUT2D eigenvalue weighted by atomic mass is 10.1. The quantitative estimate of drug-likeness (QED) is 0.939. The first-order valence-electron chi connectivity index (χ1n) is 7.88. The summed E-state index contributed by atoms with van der Waals surface area (Å²) in [7, 11) is 0. The highest BCUT2D eigenvalue weighted by Crippen LogP contribution is 2.28. The number of para-hydroxylation sites is 1. The molecule has 0 saturated carbocycles. The van der Waals surface area contributed by atoms with Crippen molar-refractivity contribution >= 4 is 23.2 Å². The second-order valence-electron chi connectivity index (χ2n) is 6.15. The van der Waals surface area contributed by atoms with Crippen LogP contribution >= 0.6 is 0 Å². The molecule has 1 heterocycles. The molecule has 124 valence electrons. The van der Waals surface area contributed by atoms with Crippen molar-refractivity contribution in [2.45, 2.75) is 20.3 Å². The van der Waals surface area contributed by atoms with Crippen molar-refractivity contribution in [3.63, 3.8) is 0 Å². The highest BCUT2D eigenvalue weighted by molar-refractivity contribution is 6.03. The first-order chi connectivity index (χ1) is 11.5. The van der Waals surface area contributed by atoms with E-state index in [1.165, 1.54) is 11.0 Å². The highest BCUT2D eigenvalue weighted by Gasteiger charge is 2.36. The zero-order valence-electron chi connectivity index (χ0n) is 13.7. The fraction of sp³-hybridized carbons (Fsp3) is 0.263. The minimum Gasteiger partial charge on any atom is -0.326 e. The Hall–Kier alpha value is -2.69. The lowest BCUT2D eigenvalue weighted by Crippen LogP contribution is -2.28. The van der Waals surface area contributed by atoms with Crippen molar-refractivity contribution in [3.05, 3.63) is 59.4 Å². The molecule has 1 unspecified atom stereocenters. The molecule has 2 aromatic carbocycles. The number of aryl methyl sites for hydroxylation is 2. The predicted molar refractivity (Wildman–Crippen MR) is 91.4 cm³/mol. The number of benzene rings is 2. The molecule has 2 amide bonds. The number of nitrogens with one attached hydrogen (secondary N) is 1. The molecule has 1 fully saturated rings. The number of anilines is 2. The molecule has 1 aliphatic heterocycles. The standard InChI is InChI=1S/C19H19FN2O2/c1-12-7-8-15(9-13(12)2)21-19(24)14-10-18(23)22(11-14)17-6-4-3-5-16(17)20/h3-9,14H,10-11H2,1-2H3,(H,21,24). The molecule has 3 rings (SSSR count). The number of halogens is 1. The van der Waals surface area contributed by atoms with Crippen molar-refractivity contribution in [2.75, 3.05) is 16.8 Å². The van der Waals surface area contributed by atoms with E-state index in [4.69, 9.17) is 0 Å². The van der Waals surface area contributed by atoms with Crippen LogP contribution in [0.15, 0.2) is 42.5 Å².